The van der Waals surface area contributed by atoms with Gasteiger partial charge in [0.15, 0.2) is 0 Å². The van der Waals surface area contributed by atoms with Crippen molar-refractivity contribution in [2.24, 2.45) is 0 Å². The minimum absolute atomic E-state index is 0. The van der Waals surface area contributed by atoms with Crippen molar-refractivity contribution in [1.82, 2.24) is 0 Å². The van der Waals surface area contributed by atoms with Crippen molar-refractivity contribution in [2.75, 3.05) is 14.2 Å². The third-order valence-corrected chi connectivity index (χ3v) is 14.3. The second-order valence-corrected chi connectivity index (χ2v) is 17.7. The van der Waals surface area contributed by atoms with Gasteiger partial charge >= 0.3 is 7.25 Å². The Balaban J connectivity index is 0.000000456. The largest absolute Gasteiger partial charge is 0.673 e. The molecule has 0 N–H and O–H groups in total. The number of hydrogen-bond acceptors (Lipinski definition) is 2. The Bertz CT molecular complexity index is 1870. The van der Waals surface area contributed by atoms with Crippen LogP contribution in [0.25, 0.3) is 11.1 Å². The van der Waals surface area contributed by atoms with Crippen molar-refractivity contribution in [3.63, 3.8) is 0 Å². The number of methoxy groups -OCH3 is 2. The third kappa shape index (κ3) is 13.4. The summed E-state index contributed by atoms with van der Waals surface area (Å²) >= 11 is 13.9. The Kier molecular flexibility index (Phi) is 19.7. The molecule has 0 aliphatic heterocycles. The predicted octanol–water partition coefficient (Wildman–Crippen LogP) is 11.9. The van der Waals surface area contributed by atoms with Gasteiger partial charge in [0, 0.05) is 30.6 Å². The molecular weight excluding hydrogens is 907 g/mol. The molecule has 7 rings (SSSR count). The summed E-state index contributed by atoms with van der Waals surface area (Å²) in [6, 6.07) is 50.7. The van der Waals surface area contributed by atoms with Crippen LogP contribution in [0.15, 0.2) is 146 Å². The molecule has 0 saturated heterocycles. The van der Waals surface area contributed by atoms with Gasteiger partial charge in [0.25, 0.3) is 0 Å². The monoisotopic (exact) mass is 948 g/mol. The molecule has 2 nitrogen and oxygen atoms in total. The molecule has 6 aromatic rings. The second-order valence-electron chi connectivity index (χ2n) is 12.6. The smallest absolute Gasteiger partial charge is 0.495 e. The standard InChI is InChI=1S/C38H30Cl2O2P2.C8H12.BF4.Rh/c1-41-37-31(39)23-25-33(43(27-15-7-3-8-16-27)28-17-9-4-10-18-28)35(37)36-34(26-24-32(40)38(36)42-2)44(29-19-11-5-12-20-29)30-21-13-6-14-22-30;1-2-4-6-8-7-5-3-1;2-1(3,4)5;/h3-26H,1-2H3;1-2,7-8H,3-6H2;;/q;;-1;. The first kappa shape index (κ1) is 47.4. The minimum atomic E-state index is -6.00. The van der Waals surface area contributed by atoms with E-state index in [4.69, 9.17) is 32.7 Å². The van der Waals surface area contributed by atoms with Crippen molar-refractivity contribution < 1.29 is 46.2 Å². The van der Waals surface area contributed by atoms with Gasteiger partial charge in [-0.1, -0.05) is 157 Å². The summed E-state index contributed by atoms with van der Waals surface area (Å²) in [5.74, 6) is 1.20. The van der Waals surface area contributed by atoms with Crippen molar-refractivity contribution in [3.05, 3.63) is 181 Å². The molecule has 0 heterocycles. The van der Waals surface area contributed by atoms with E-state index in [1.165, 1.54) is 46.9 Å². The third-order valence-electron chi connectivity index (χ3n) is 8.71. The van der Waals surface area contributed by atoms with Crippen LogP contribution >= 0.6 is 39.0 Å². The van der Waals surface area contributed by atoms with Gasteiger partial charge in [0.05, 0.1) is 24.3 Å². The zero-order chi connectivity index (χ0) is 40.6. The summed E-state index contributed by atoms with van der Waals surface area (Å²) in [5.41, 5.74) is 1.79. The van der Waals surface area contributed by atoms with Gasteiger partial charge in [-0.2, -0.15) is 0 Å². The van der Waals surface area contributed by atoms with Crippen molar-refractivity contribution in [2.45, 2.75) is 25.7 Å². The number of rotatable bonds is 9. The first-order valence-corrected chi connectivity index (χ1v) is 21.8. The van der Waals surface area contributed by atoms with Crippen molar-refractivity contribution in [1.29, 1.82) is 0 Å². The molecule has 1 aliphatic rings. The van der Waals surface area contributed by atoms with Gasteiger partial charge in [-0.05, 0) is 111 Å². The SMILES string of the molecule is COc1c(Cl)ccc(P(c2ccccc2)c2ccccc2)c1-c1c(P(c2ccccc2)c2ccccc2)ccc(Cl)c1OC.F[B-](F)(F)F.[CH]1[CH]CC[CH][CH]CC1.[Rh]. The summed E-state index contributed by atoms with van der Waals surface area (Å²) in [4.78, 5) is 0. The van der Waals surface area contributed by atoms with Crippen LogP contribution in [0.3, 0.4) is 0 Å². The zero-order valence-electron chi connectivity index (χ0n) is 31.9. The van der Waals surface area contributed by atoms with Crippen molar-refractivity contribution in [3.8, 4) is 22.6 Å². The maximum absolute atomic E-state index is 9.75. The fraction of sp³-hybridized carbons (Fsp3) is 0.130. The van der Waals surface area contributed by atoms with Crippen LogP contribution in [0.5, 0.6) is 11.5 Å². The van der Waals surface area contributed by atoms with Gasteiger partial charge in [0.2, 0.25) is 0 Å². The quantitative estimate of drug-likeness (QED) is 0.0817. The molecule has 0 bridgehead atoms. The number of benzene rings is 6. The number of ether oxygens (including phenoxy) is 2. The van der Waals surface area contributed by atoms with E-state index in [0.717, 1.165) is 21.7 Å². The summed E-state index contributed by atoms with van der Waals surface area (Å²) in [6.07, 6.45) is 14.0. The van der Waals surface area contributed by atoms with E-state index >= 15 is 0 Å². The molecule has 0 spiro atoms. The van der Waals surface area contributed by atoms with Gasteiger partial charge in [0.1, 0.15) is 11.5 Å². The molecule has 0 aromatic heterocycles. The first-order valence-electron chi connectivity index (χ1n) is 18.3. The van der Waals surface area contributed by atoms with E-state index in [2.05, 4.69) is 159 Å². The van der Waals surface area contributed by atoms with Gasteiger partial charge in [-0.25, -0.2) is 0 Å². The summed E-state index contributed by atoms with van der Waals surface area (Å²) < 4.78 is 51.3. The van der Waals surface area contributed by atoms with Gasteiger partial charge in [-0.15, -0.1) is 0 Å². The molecule has 12 heteroatoms. The molecule has 0 amide bonds. The van der Waals surface area contributed by atoms with Crippen molar-refractivity contribution >= 4 is 78.1 Å². The maximum atomic E-state index is 9.75. The Morgan fingerprint density at radius 3 is 0.897 bits per heavy atom. The molecule has 1 fully saturated rings. The average molecular weight is 949 g/mol. The molecule has 0 atom stereocenters. The Morgan fingerprint density at radius 2 is 0.672 bits per heavy atom. The maximum Gasteiger partial charge on any atom is 0.673 e. The van der Waals surface area contributed by atoms with Crippen LogP contribution in [-0.4, -0.2) is 21.5 Å². The molecule has 303 valence electrons. The summed E-state index contributed by atoms with van der Waals surface area (Å²) in [7, 11) is -4.69. The Morgan fingerprint density at radius 1 is 0.431 bits per heavy atom. The summed E-state index contributed by atoms with van der Waals surface area (Å²) in [5, 5.41) is 8.14. The molecule has 1 saturated carbocycles. The van der Waals surface area contributed by atoms with Crippen LogP contribution in [-0.2, 0) is 19.5 Å². The normalized spacial score (nSPS) is 12.8. The number of halogens is 6. The van der Waals surface area contributed by atoms with Crippen LogP contribution in [0.2, 0.25) is 10.0 Å². The van der Waals surface area contributed by atoms with Crippen LogP contribution in [0.4, 0.5) is 17.3 Å². The van der Waals surface area contributed by atoms with Crippen LogP contribution < -0.4 is 41.3 Å². The Labute approximate surface area is 366 Å². The van der Waals surface area contributed by atoms with E-state index in [1.54, 1.807) is 14.2 Å². The molecule has 58 heavy (non-hydrogen) atoms. The van der Waals surface area contributed by atoms with E-state index in [0.29, 0.717) is 21.5 Å². The zero-order valence-corrected chi connectivity index (χ0v) is 36.8. The van der Waals surface area contributed by atoms with Gasteiger partial charge in [-0.3, -0.25) is 0 Å². The fourth-order valence-corrected chi connectivity index (χ4v) is 11.7. The molecule has 5 radical (unpaired) electrons. The van der Waals surface area contributed by atoms with Gasteiger partial charge < -0.3 is 26.7 Å². The topological polar surface area (TPSA) is 18.5 Å². The predicted molar refractivity (Wildman–Crippen MR) is 238 cm³/mol. The Hall–Kier alpha value is -3.23. The van der Waals surface area contributed by atoms with E-state index in [1.807, 2.05) is 12.1 Å². The van der Waals surface area contributed by atoms with Crippen LogP contribution in [0, 0.1) is 25.7 Å². The van der Waals surface area contributed by atoms with Crippen LogP contribution in [0.1, 0.15) is 25.7 Å². The second kappa shape index (κ2) is 24.1. The molecular formula is C46H42BCl2F4O2P2Rh-. The molecule has 6 aromatic carbocycles. The summed E-state index contributed by atoms with van der Waals surface area (Å²) in [6.45, 7) is 0. The molecule has 1 aliphatic carbocycles. The number of hydrogen-bond donors (Lipinski definition) is 0. The van der Waals surface area contributed by atoms with E-state index in [-0.39, 0.29) is 19.5 Å². The van der Waals surface area contributed by atoms with E-state index < -0.39 is 23.1 Å². The first-order chi connectivity index (χ1) is 27.6. The molecule has 0 unspecified atom stereocenters. The minimum Gasteiger partial charge on any atom is -0.495 e. The average Bonchev–Trinajstić information content (AvgIpc) is 3.20. The van der Waals surface area contributed by atoms with E-state index in [9.17, 15) is 17.3 Å². The fourth-order valence-electron chi connectivity index (χ4n) is 6.37.